The van der Waals surface area contributed by atoms with Crippen LogP contribution in [0, 0.1) is 0 Å². The van der Waals surface area contributed by atoms with Crippen LogP contribution in [0.5, 0.6) is 0 Å². The minimum atomic E-state index is 0.110. The number of aliphatic hydroxyl groups is 1. The second kappa shape index (κ2) is 3.85. The van der Waals surface area contributed by atoms with E-state index in [1.165, 1.54) is 12.8 Å². The van der Waals surface area contributed by atoms with Gasteiger partial charge in [0.15, 0.2) is 0 Å². The maximum atomic E-state index is 8.65. The molecule has 0 saturated heterocycles. The Morgan fingerprint density at radius 1 is 1.62 bits per heavy atom. The van der Waals surface area contributed by atoms with E-state index in [0.29, 0.717) is 12.6 Å². The van der Waals surface area contributed by atoms with E-state index in [2.05, 4.69) is 15.6 Å². The van der Waals surface area contributed by atoms with E-state index in [1.807, 2.05) is 6.20 Å². The Hall–Kier alpha value is -0.940. The Kier molecular flexibility index (Phi) is 2.56. The number of hydrogen-bond acceptors (Lipinski definition) is 4. The third-order valence-electron chi connectivity index (χ3n) is 2.06. The second-order valence-corrected chi connectivity index (χ2v) is 3.35. The molecule has 5 heteroatoms. The number of nitrogens with one attached hydrogen (secondary N) is 1. The van der Waals surface area contributed by atoms with Gasteiger partial charge in [0, 0.05) is 18.8 Å². The van der Waals surface area contributed by atoms with Crippen molar-refractivity contribution in [2.24, 2.45) is 0 Å². The Morgan fingerprint density at radius 3 is 3.15 bits per heavy atom. The normalized spacial score (nSPS) is 16.4. The van der Waals surface area contributed by atoms with Crippen LogP contribution in [0.25, 0.3) is 0 Å². The predicted molar refractivity (Wildman–Crippen MR) is 47.0 cm³/mol. The smallest absolute Gasteiger partial charge is 0.0964 e. The average molecular weight is 182 g/mol. The van der Waals surface area contributed by atoms with Crippen molar-refractivity contribution in [2.45, 2.75) is 32.0 Å². The first-order valence-electron chi connectivity index (χ1n) is 4.62. The zero-order chi connectivity index (χ0) is 9.10. The molecule has 1 saturated carbocycles. The van der Waals surface area contributed by atoms with Crippen molar-refractivity contribution in [3.8, 4) is 0 Å². The van der Waals surface area contributed by atoms with E-state index < -0.39 is 0 Å². The van der Waals surface area contributed by atoms with Crippen molar-refractivity contribution in [3.05, 3.63) is 11.9 Å². The second-order valence-electron chi connectivity index (χ2n) is 3.35. The van der Waals surface area contributed by atoms with Crippen LogP contribution >= 0.6 is 0 Å². The van der Waals surface area contributed by atoms with Gasteiger partial charge in [-0.15, -0.1) is 5.10 Å². The summed E-state index contributed by atoms with van der Waals surface area (Å²) in [6.07, 6.45) is 4.43. The summed E-state index contributed by atoms with van der Waals surface area (Å²) >= 11 is 0. The van der Waals surface area contributed by atoms with Gasteiger partial charge in [0.05, 0.1) is 18.8 Å². The topological polar surface area (TPSA) is 63.0 Å². The van der Waals surface area contributed by atoms with E-state index in [0.717, 1.165) is 12.2 Å². The number of rotatable bonds is 5. The molecule has 13 heavy (non-hydrogen) atoms. The Labute approximate surface area is 76.8 Å². The van der Waals surface area contributed by atoms with Crippen LogP contribution in [-0.2, 0) is 13.1 Å². The molecule has 72 valence electrons. The highest BCUT2D eigenvalue weighted by Gasteiger charge is 2.20. The quantitative estimate of drug-likeness (QED) is 0.645. The molecule has 0 bridgehead atoms. The van der Waals surface area contributed by atoms with Gasteiger partial charge in [-0.2, -0.15) is 0 Å². The average Bonchev–Trinajstić information content (AvgIpc) is 2.85. The molecule has 0 atom stereocenters. The van der Waals surface area contributed by atoms with Crippen LogP contribution in [0.3, 0.4) is 0 Å². The molecule has 1 heterocycles. The van der Waals surface area contributed by atoms with Crippen LogP contribution in [0.4, 0.5) is 0 Å². The summed E-state index contributed by atoms with van der Waals surface area (Å²) in [4.78, 5) is 0. The molecule has 2 N–H and O–H groups in total. The first-order valence-corrected chi connectivity index (χ1v) is 4.62. The van der Waals surface area contributed by atoms with E-state index in [9.17, 15) is 0 Å². The van der Waals surface area contributed by atoms with Gasteiger partial charge >= 0.3 is 0 Å². The number of aromatic nitrogens is 3. The Balaban J connectivity index is 1.81. The van der Waals surface area contributed by atoms with Gasteiger partial charge in [-0.3, -0.25) is 0 Å². The fraction of sp³-hybridized carbons (Fsp3) is 0.750. The van der Waals surface area contributed by atoms with Crippen molar-refractivity contribution >= 4 is 0 Å². The molecular weight excluding hydrogens is 168 g/mol. The van der Waals surface area contributed by atoms with E-state index in [4.69, 9.17) is 5.11 Å². The lowest BCUT2D eigenvalue weighted by atomic mass is 10.4. The number of nitrogens with zero attached hydrogens (tertiary/aromatic N) is 3. The van der Waals surface area contributed by atoms with E-state index in [-0.39, 0.29) is 6.61 Å². The first kappa shape index (κ1) is 8.65. The molecule has 0 aliphatic heterocycles. The van der Waals surface area contributed by atoms with Crippen molar-refractivity contribution in [1.82, 2.24) is 20.3 Å². The standard InChI is InChI=1S/C8H14N4O/c13-4-3-12-6-8(10-11-12)5-9-7-1-2-7/h6-7,9,13H,1-5H2. The zero-order valence-electron chi connectivity index (χ0n) is 7.48. The van der Waals surface area contributed by atoms with Crippen LogP contribution in [-0.4, -0.2) is 32.7 Å². The van der Waals surface area contributed by atoms with Crippen LogP contribution in [0.15, 0.2) is 6.20 Å². The highest BCUT2D eigenvalue weighted by Crippen LogP contribution is 2.18. The lowest BCUT2D eigenvalue weighted by Gasteiger charge is -1.96. The molecule has 1 aromatic heterocycles. The minimum Gasteiger partial charge on any atom is -0.394 e. The Morgan fingerprint density at radius 2 is 2.46 bits per heavy atom. The molecule has 0 unspecified atom stereocenters. The molecule has 0 aromatic carbocycles. The van der Waals surface area contributed by atoms with E-state index >= 15 is 0 Å². The summed E-state index contributed by atoms with van der Waals surface area (Å²) in [6.45, 7) is 1.42. The Bertz CT molecular complexity index is 269. The van der Waals surface area contributed by atoms with Gasteiger partial charge in [0.1, 0.15) is 0 Å². The number of hydrogen-bond donors (Lipinski definition) is 2. The van der Waals surface area contributed by atoms with Gasteiger partial charge < -0.3 is 10.4 Å². The number of aliphatic hydroxyl groups excluding tert-OH is 1. The molecule has 0 radical (unpaired) electrons. The molecule has 5 nitrogen and oxygen atoms in total. The maximum Gasteiger partial charge on any atom is 0.0964 e. The van der Waals surface area contributed by atoms with E-state index in [1.54, 1.807) is 4.68 Å². The third-order valence-corrected chi connectivity index (χ3v) is 2.06. The van der Waals surface area contributed by atoms with Gasteiger partial charge in [0.2, 0.25) is 0 Å². The monoisotopic (exact) mass is 182 g/mol. The fourth-order valence-electron chi connectivity index (χ4n) is 1.17. The molecule has 0 amide bonds. The summed E-state index contributed by atoms with van der Waals surface area (Å²) in [5.74, 6) is 0. The summed E-state index contributed by atoms with van der Waals surface area (Å²) in [7, 11) is 0. The van der Waals surface area contributed by atoms with Crippen molar-refractivity contribution in [2.75, 3.05) is 6.61 Å². The zero-order valence-corrected chi connectivity index (χ0v) is 7.48. The summed E-state index contributed by atoms with van der Waals surface area (Å²) in [5.41, 5.74) is 0.945. The lowest BCUT2D eigenvalue weighted by molar-refractivity contribution is 0.268. The molecule has 2 rings (SSSR count). The molecule has 1 aliphatic carbocycles. The molecule has 1 fully saturated rings. The molecule has 0 spiro atoms. The first-order chi connectivity index (χ1) is 6.38. The van der Waals surface area contributed by atoms with Gasteiger partial charge in [0.25, 0.3) is 0 Å². The highest BCUT2D eigenvalue weighted by molar-refractivity contribution is 4.94. The van der Waals surface area contributed by atoms with Gasteiger partial charge in [-0.1, -0.05) is 5.21 Å². The summed E-state index contributed by atoms with van der Waals surface area (Å²) < 4.78 is 1.66. The van der Waals surface area contributed by atoms with Gasteiger partial charge in [-0.25, -0.2) is 4.68 Å². The van der Waals surface area contributed by atoms with Crippen LogP contribution in [0.2, 0.25) is 0 Å². The molecule has 1 aliphatic rings. The van der Waals surface area contributed by atoms with Crippen molar-refractivity contribution in [1.29, 1.82) is 0 Å². The highest BCUT2D eigenvalue weighted by atomic mass is 16.3. The van der Waals surface area contributed by atoms with Crippen molar-refractivity contribution in [3.63, 3.8) is 0 Å². The fourth-order valence-corrected chi connectivity index (χ4v) is 1.17. The van der Waals surface area contributed by atoms with Crippen LogP contribution in [0.1, 0.15) is 18.5 Å². The third kappa shape index (κ3) is 2.50. The van der Waals surface area contributed by atoms with Crippen LogP contribution < -0.4 is 5.32 Å². The van der Waals surface area contributed by atoms with Gasteiger partial charge in [-0.05, 0) is 12.8 Å². The lowest BCUT2D eigenvalue weighted by Crippen LogP contribution is -2.15. The predicted octanol–water partition coefficient (Wildman–Crippen LogP) is -0.478. The van der Waals surface area contributed by atoms with Crippen molar-refractivity contribution < 1.29 is 5.11 Å². The summed E-state index contributed by atoms with van der Waals surface area (Å²) in [5, 5.41) is 19.8. The SMILES string of the molecule is OCCn1cc(CNC2CC2)nn1. The largest absolute Gasteiger partial charge is 0.394 e. The summed E-state index contributed by atoms with van der Waals surface area (Å²) in [6, 6.07) is 0.697. The molecular formula is C8H14N4O. The minimum absolute atomic E-state index is 0.110. The maximum absolute atomic E-state index is 8.65. The molecule has 1 aromatic rings.